The molecule has 5 heteroatoms. The summed E-state index contributed by atoms with van der Waals surface area (Å²) < 4.78 is 0. The maximum absolute atomic E-state index is 12.2. The number of aliphatic hydroxyl groups excluding tert-OH is 1. The number of amides is 1. The van der Waals surface area contributed by atoms with Crippen LogP contribution >= 0.6 is 0 Å². The topological polar surface area (TPSA) is 78.0 Å². The van der Waals surface area contributed by atoms with Gasteiger partial charge < -0.3 is 10.4 Å². The summed E-state index contributed by atoms with van der Waals surface area (Å²) in [4.78, 5) is 12.2. The van der Waals surface area contributed by atoms with E-state index < -0.39 is 0 Å². The maximum atomic E-state index is 12.2. The van der Waals surface area contributed by atoms with Crippen molar-refractivity contribution in [1.29, 1.82) is 0 Å². The SMILES string of the molecule is O=C(NCC1(CO)CCCC1)c1ccc2cn[nH]c2c1. The minimum atomic E-state index is -0.117. The van der Waals surface area contributed by atoms with E-state index >= 15 is 0 Å². The Morgan fingerprint density at radius 2 is 2.20 bits per heavy atom. The molecule has 0 unspecified atom stereocenters. The molecule has 1 aliphatic carbocycles. The van der Waals surface area contributed by atoms with E-state index in [4.69, 9.17) is 0 Å². The second-order valence-corrected chi connectivity index (χ2v) is 5.72. The molecule has 3 N–H and O–H groups in total. The van der Waals surface area contributed by atoms with Gasteiger partial charge in [-0.05, 0) is 25.0 Å². The van der Waals surface area contributed by atoms with Gasteiger partial charge in [-0.3, -0.25) is 9.89 Å². The number of rotatable bonds is 4. The molecule has 0 saturated heterocycles. The fourth-order valence-electron chi connectivity index (χ4n) is 2.96. The molecular weight excluding hydrogens is 254 g/mol. The summed E-state index contributed by atoms with van der Waals surface area (Å²) in [5.41, 5.74) is 1.36. The molecule has 1 aliphatic rings. The zero-order chi connectivity index (χ0) is 14.0. The maximum Gasteiger partial charge on any atom is 0.251 e. The van der Waals surface area contributed by atoms with E-state index in [1.54, 1.807) is 18.3 Å². The fourth-order valence-corrected chi connectivity index (χ4v) is 2.96. The highest BCUT2D eigenvalue weighted by Crippen LogP contribution is 2.36. The molecular formula is C15H19N3O2. The first-order valence-corrected chi connectivity index (χ1v) is 7.05. The van der Waals surface area contributed by atoms with Crippen LogP contribution in [0.3, 0.4) is 0 Å². The summed E-state index contributed by atoms with van der Waals surface area (Å²) in [6.45, 7) is 0.691. The molecule has 1 aromatic heterocycles. The molecule has 1 heterocycles. The summed E-state index contributed by atoms with van der Waals surface area (Å²) in [5, 5.41) is 20.3. The lowest BCUT2D eigenvalue weighted by atomic mass is 9.87. The van der Waals surface area contributed by atoms with E-state index in [0.717, 1.165) is 36.6 Å². The van der Waals surface area contributed by atoms with Gasteiger partial charge in [0.25, 0.3) is 5.91 Å². The van der Waals surface area contributed by atoms with Crippen molar-refractivity contribution in [2.75, 3.05) is 13.2 Å². The Bertz CT molecular complexity index is 614. The normalized spacial score (nSPS) is 17.4. The van der Waals surface area contributed by atoms with Gasteiger partial charge in [0.1, 0.15) is 0 Å². The van der Waals surface area contributed by atoms with Crippen LogP contribution in [-0.2, 0) is 0 Å². The van der Waals surface area contributed by atoms with Crippen LogP contribution in [-0.4, -0.2) is 34.4 Å². The van der Waals surface area contributed by atoms with Crippen molar-refractivity contribution in [2.24, 2.45) is 5.41 Å². The first-order chi connectivity index (χ1) is 9.72. The molecule has 0 bridgehead atoms. The number of fused-ring (bicyclic) bond motifs is 1. The molecule has 5 nitrogen and oxygen atoms in total. The van der Waals surface area contributed by atoms with Crippen molar-refractivity contribution in [1.82, 2.24) is 15.5 Å². The number of aliphatic hydroxyl groups is 1. The first-order valence-electron chi connectivity index (χ1n) is 7.05. The van der Waals surface area contributed by atoms with Crippen molar-refractivity contribution < 1.29 is 9.90 Å². The third-order valence-electron chi connectivity index (χ3n) is 4.33. The van der Waals surface area contributed by atoms with Crippen LogP contribution in [0.1, 0.15) is 36.0 Å². The number of hydrogen-bond donors (Lipinski definition) is 3. The minimum absolute atomic E-state index is 0.0961. The molecule has 0 spiro atoms. The fraction of sp³-hybridized carbons (Fsp3) is 0.467. The van der Waals surface area contributed by atoms with E-state index in [0.29, 0.717) is 12.1 Å². The Morgan fingerprint density at radius 1 is 1.40 bits per heavy atom. The monoisotopic (exact) mass is 273 g/mol. The second kappa shape index (κ2) is 5.25. The third kappa shape index (κ3) is 2.41. The molecule has 3 rings (SSSR count). The van der Waals surface area contributed by atoms with Gasteiger partial charge in [-0.2, -0.15) is 5.10 Å². The molecule has 0 aliphatic heterocycles. The average Bonchev–Trinajstić information content (AvgIpc) is 3.13. The van der Waals surface area contributed by atoms with Gasteiger partial charge in [-0.25, -0.2) is 0 Å². The predicted octanol–water partition coefficient (Wildman–Crippen LogP) is 1.85. The van der Waals surface area contributed by atoms with Crippen LogP contribution in [0.15, 0.2) is 24.4 Å². The minimum Gasteiger partial charge on any atom is -0.396 e. The molecule has 106 valence electrons. The lowest BCUT2D eigenvalue weighted by Crippen LogP contribution is -2.38. The number of aromatic amines is 1. The Morgan fingerprint density at radius 3 is 2.95 bits per heavy atom. The Balaban J connectivity index is 1.69. The lowest BCUT2D eigenvalue weighted by molar-refractivity contribution is 0.0881. The highest BCUT2D eigenvalue weighted by molar-refractivity contribution is 5.97. The number of carbonyl (C=O) groups is 1. The van der Waals surface area contributed by atoms with Gasteiger partial charge in [0.15, 0.2) is 0 Å². The summed E-state index contributed by atoms with van der Waals surface area (Å²) in [6.07, 6.45) is 5.98. The molecule has 1 aromatic carbocycles. The second-order valence-electron chi connectivity index (χ2n) is 5.72. The van der Waals surface area contributed by atoms with Gasteiger partial charge in [-0.1, -0.05) is 18.9 Å². The quantitative estimate of drug-likeness (QED) is 0.795. The van der Waals surface area contributed by atoms with Gasteiger partial charge >= 0.3 is 0 Å². The lowest BCUT2D eigenvalue weighted by Gasteiger charge is -2.26. The summed E-state index contributed by atoms with van der Waals surface area (Å²) >= 11 is 0. The number of H-pyrrole nitrogens is 1. The Hall–Kier alpha value is -1.88. The highest BCUT2D eigenvalue weighted by atomic mass is 16.3. The molecule has 1 saturated carbocycles. The smallest absolute Gasteiger partial charge is 0.251 e. The van der Waals surface area contributed by atoms with Crippen LogP contribution in [0.5, 0.6) is 0 Å². The van der Waals surface area contributed by atoms with Crippen LogP contribution < -0.4 is 5.32 Å². The van der Waals surface area contributed by atoms with Crippen LogP contribution in [0, 0.1) is 5.41 Å². The van der Waals surface area contributed by atoms with Crippen molar-refractivity contribution in [3.05, 3.63) is 30.0 Å². The van der Waals surface area contributed by atoms with Gasteiger partial charge in [0, 0.05) is 22.9 Å². The van der Waals surface area contributed by atoms with E-state index in [-0.39, 0.29) is 17.9 Å². The molecule has 1 amide bonds. The first kappa shape index (κ1) is 13.1. The van der Waals surface area contributed by atoms with E-state index in [9.17, 15) is 9.90 Å². The number of nitrogens with one attached hydrogen (secondary N) is 2. The standard InChI is InChI=1S/C15H19N3O2/c19-10-15(5-1-2-6-15)9-16-14(20)11-3-4-12-8-17-18-13(12)7-11/h3-4,7-8,19H,1-2,5-6,9-10H2,(H,16,20)(H,17,18). The third-order valence-corrected chi connectivity index (χ3v) is 4.33. The number of hydrogen-bond acceptors (Lipinski definition) is 3. The molecule has 1 fully saturated rings. The van der Waals surface area contributed by atoms with Crippen molar-refractivity contribution >= 4 is 16.8 Å². The van der Waals surface area contributed by atoms with E-state index in [2.05, 4.69) is 15.5 Å². The molecule has 0 radical (unpaired) electrons. The summed E-state index contributed by atoms with van der Waals surface area (Å²) in [6, 6.07) is 5.48. The molecule has 20 heavy (non-hydrogen) atoms. The van der Waals surface area contributed by atoms with Crippen molar-refractivity contribution in [3.8, 4) is 0 Å². The van der Waals surface area contributed by atoms with Crippen LogP contribution in [0.4, 0.5) is 0 Å². The highest BCUT2D eigenvalue weighted by Gasteiger charge is 2.33. The predicted molar refractivity (Wildman–Crippen MR) is 76.4 cm³/mol. The number of aromatic nitrogens is 2. The van der Waals surface area contributed by atoms with Gasteiger partial charge in [0.2, 0.25) is 0 Å². The van der Waals surface area contributed by atoms with E-state index in [1.807, 2.05) is 6.07 Å². The Kier molecular flexibility index (Phi) is 3.44. The number of benzene rings is 1. The van der Waals surface area contributed by atoms with Crippen molar-refractivity contribution in [2.45, 2.75) is 25.7 Å². The van der Waals surface area contributed by atoms with Gasteiger partial charge in [-0.15, -0.1) is 0 Å². The Labute approximate surface area is 117 Å². The molecule has 0 atom stereocenters. The number of carbonyl (C=O) groups excluding carboxylic acids is 1. The number of nitrogens with zero attached hydrogens (tertiary/aromatic N) is 1. The largest absolute Gasteiger partial charge is 0.396 e. The summed E-state index contributed by atoms with van der Waals surface area (Å²) in [5.74, 6) is -0.0961. The van der Waals surface area contributed by atoms with Gasteiger partial charge in [0.05, 0.1) is 18.3 Å². The summed E-state index contributed by atoms with van der Waals surface area (Å²) in [7, 11) is 0. The average molecular weight is 273 g/mol. The van der Waals surface area contributed by atoms with E-state index in [1.165, 1.54) is 0 Å². The van der Waals surface area contributed by atoms with Crippen molar-refractivity contribution in [3.63, 3.8) is 0 Å². The van der Waals surface area contributed by atoms with Crippen LogP contribution in [0.2, 0.25) is 0 Å². The van der Waals surface area contributed by atoms with Crippen LogP contribution in [0.25, 0.3) is 10.9 Å². The zero-order valence-electron chi connectivity index (χ0n) is 11.4. The molecule has 2 aromatic rings. The zero-order valence-corrected chi connectivity index (χ0v) is 11.4.